The van der Waals surface area contributed by atoms with Crippen LogP contribution in [0.15, 0.2) is 6.07 Å². The Hall–Kier alpha value is -1.47. The van der Waals surface area contributed by atoms with Gasteiger partial charge in [-0.25, -0.2) is 22.0 Å². The summed E-state index contributed by atoms with van der Waals surface area (Å²) in [7, 11) is 1.40. The van der Waals surface area contributed by atoms with Crippen LogP contribution in [0.1, 0.15) is 26.9 Å². The lowest BCUT2D eigenvalue weighted by atomic mass is 10.0. The van der Waals surface area contributed by atoms with Crippen LogP contribution in [0.2, 0.25) is 0 Å². The van der Waals surface area contributed by atoms with Gasteiger partial charge in [0.25, 0.3) is 0 Å². The highest BCUT2D eigenvalue weighted by atomic mass is 32.1. The lowest BCUT2D eigenvalue weighted by molar-refractivity contribution is 0.364. The summed E-state index contributed by atoms with van der Waals surface area (Å²) in [6.45, 7) is 3.52. The summed E-state index contributed by atoms with van der Waals surface area (Å²) >= 11 is 1.24. The van der Waals surface area contributed by atoms with Gasteiger partial charge in [-0.1, -0.05) is 0 Å². The van der Waals surface area contributed by atoms with Gasteiger partial charge in [0.15, 0.2) is 23.3 Å². The molecule has 0 bridgehead atoms. The summed E-state index contributed by atoms with van der Waals surface area (Å²) in [6.07, 6.45) is 0. The first-order valence-electron chi connectivity index (χ1n) is 6.05. The minimum absolute atomic E-state index is 0.512. The van der Waals surface area contributed by atoms with E-state index in [2.05, 4.69) is 5.32 Å². The van der Waals surface area contributed by atoms with E-state index in [-0.39, 0.29) is 0 Å². The number of aryl methyl sites for hydroxylation is 2. The fraction of sp³-hybridized carbons (Fsp3) is 0.286. The SMILES string of the molecule is CNC(c1sc(C)cc1C)c1c(F)c(F)c(F)c(F)c1F. The molecule has 1 unspecified atom stereocenters. The average Bonchev–Trinajstić information content (AvgIpc) is 2.78. The zero-order valence-electron chi connectivity index (χ0n) is 11.5. The number of hydrogen-bond acceptors (Lipinski definition) is 2. The quantitative estimate of drug-likeness (QED) is 0.503. The molecule has 1 N–H and O–H groups in total. The average molecular weight is 321 g/mol. The van der Waals surface area contributed by atoms with Crippen molar-refractivity contribution in [1.82, 2.24) is 5.32 Å². The Bertz CT molecular complexity index is 666. The second kappa shape index (κ2) is 5.73. The molecule has 2 rings (SSSR count). The molecule has 21 heavy (non-hydrogen) atoms. The van der Waals surface area contributed by atoms with Gasteiger partial charge < -0.3 is 5.32 Å². The van der Waals surface area contributed by atoms with E-state index in [0.29, 0.717) is 4.88 Å². The van der Waals surface area contributed by atoms with Crippen LogP contribution in [0.5, 0.6) is 0 Å². The van der Waals surface area contributed by atoms with Gasteiger partial charge in [0, 0.05) is 9.75 Å². The molecule has 0 aliphatic heterocycles. The lowest BCUT2D eigenvalue weighted by Gasteiger charge is -2.19. The second-order valence-corrected chi connectivity index (χ2v) is 5.90. The minimum Gasteiger partial charge on any atom is -0.308 e. The van der Waals surface area contributed by atoms with Crippen molar-refractivity contribution in [2.24, 2.45) is 0 Å². The number of halogens is 5. The predicted octanol–water partition coefficient (Wildman–Crippen LogP) is 4.37. The Morgan fingerprint density at radius 1 is 0.905 bits per heavy atom. The van der Waals surface area contributed by atoms with Crippen molar-refractivity contribution in [3.63, 3.8) is 0 Å². The van der Waals surface area contributed by atoms with Crippen LogP contribution < -0.4 is 5.32 Å². The third-order valence-electron chi connectivity index (χ3n) is 3.16. The zero-order valence-corrected chi connectivity index (χ0v) is 12.3. The van der Waals surface area contributed by atoms with Crippen LogP contribution >= 0.6 is 11.3 Å². The van der Waals surface area contributed by atoms with Gasteiger partial charge in [0.05, 0.1) is 11.6 Å². The van der Waals surface area contributed by atoms with Gasteiger partial charge >= 0.3 is 0 Å². The second-order valence-electron chi connectivity index (χ2n) is 4.61. The molecule has 0 fully saturated rings. The summed E-state index contributed by atoms with van der Waals surface area (Å²) in [5.74, 6) is -9.64. The number of nitrogens with one attached hydrogen (secondary N) is 1. The molecule has 0 aliphatic rings. The molecule has 1 atom stereocenters. The van der Waals surface area contributed by atoms with Crippen molar-refractivity contribution in [3.8, 4) is 0 Å². The molecule has 0 saturated heterocycles. The fourth-order valence-corrected chi connectivity index (χ4v) is 3.38. The molecule has 1 nitrogen and oxygen atoms in total. The van der Waals surface area contributed by atoms with Crippen molar-refractivity contribution in [1.29, 1.82) is 0 Å². The molecule has 0 saturated carbocycles. The Morgan fingerprint density at radius 2 is 1.38 bits per heavy atom. The molecule has 0 aliphatic carbocycles. The van der Waals surface area contributed by atoms with E-state index in [1.165, 1.54) is 18.4 Å². The molecule has 0 spiro atoms. The normalized spacial score (nSPS) is 12.8. The third-order valence-corrected chi connectivity index (χ3v) is 4.38. The summed E-state index contributed by atoms with van der Waals surface area (Å²) in [5.41, 5.74) is -0.139. The first-order chi connectivity index (χ1) is 9.79. The van der Waals surface area contributed by atoms with Crippen molar-refractivity contribution in [3.05, 3.63) is 56.0 Å². The van der Waals surface area contributed by atoms with Crippen molar-refractivity contribution >= 4 is 11.3 Å². The highest BCUT2D eigenvalue weighted by molar-refractivity contribution is 7.12. The predicted molar refractivity (Wildman–Crippen MR) is 70.9 cm³/mol. The van der Waals surface area contributed by atoms with Crippen molar-refractivity contribution < 1.29 is 22.0 Å². The van der Waals surface area contributed by atoms with E-state index in [9.17, 15) is 22.0 Å². The molecule has 1 aromatic heterocycles. The maximum Gasteiger partial charge on any atom is 0.200 e. The molecular formula is C14H12F5NS. The zero-order chi connectivity index (χ0) is 15.9. The van der Waals surface area contributed by atoms with E-state index < -0.39 is 40.7 Å². The summed E-state index contributed by atoms with van der Waals surface area (Å²) in [6, 6.07) is 0.685. The van der Waals surface area contributed by atoms with E-state index >= 15 is 0 Å². The van der Waals surface area contributed by atoms with Crippen molar-refractivity contribution in [2.45, 2.75) is 19.9 Å². The van der Waals surface area contributed by atoms with E-state index in [1.807, 2.05) is 0 Å². The number of benzene rings is 1. The smallest absolute Gasteiger partial charge is 0.200 e. The molecule has 1 heterocycles. The van der Waals surface area contributed by atoms with Gasteiger partial charge in [-0.2, -0.15) is 0 Å². The van der Waals surface area contributed by atoms with Gasteiger partial charge in [0.1, 0.15) is 0 Å². The molecule has 0 amide bonds. The third kappa shape index (κ3) is 2.55. The van der Waals surface area contributed by atoms with Crippen LogP contribution in [0.4, 0.5) is 22.0 Å². The molecule has 2 aromatic rings. The van der Waals surface area contributed by atoms with E-state index in [4.69, 9.17) is 0 Å². The highest BCUT2D eigenvalue weighted by Gasteiger charge is 2.31. The molecule has 1 aromatic carbocycles. The first kappa shape index (κ1) is 15.9. The van der Waals surface area contributed by atoms with Crippen LogP contribution in [0.25, 0.3) is 0 Å². The van der Waals surface area contributed by atoms with Crippen LogP contribution in [0.3, 0.4) is 0 Å². The minimum atomic E-state index is -2.15. The molecule has 114 valence electrons. The monoisotopic (exact) mass is 321 g/mol. The van der Waals surface area contributed by atoms with Gasteiger partial charge in [0.2, 0.25) is 5.82 Å². The van der Waals surface area contributed by atoms with Gasteiger partial charge in [-0.15, -0.1) is 11.3 Å². The molecular weight excluding hydrogens is 309 g/mol. The molecule has 7 heteroatoms. The van der Waals surface area contributed by atoms with Crippen molar-refractivity contribution in [2.75, 3.05) is 7.05 Å². The highest BCUT2D eigenvalue weighted by Crippen LogP contribution is 2.36. The van der Waals surface area contributed by atoms with Crippen LogP contribution in [0, 0.1) is 42.9 Å². The van der Waals surface area contributed by atoms with Crippen LogP contribution in [-0.2, 0) is 0 Å². The Balaban J connectivity index is 2.72. The Kier molecular flexibility index (Phi) is 4.34. The largest absolute Gasteiger partial charge is 0.308 e. The summed E-state index contributed by atoms with van der Waals surface area (Å²) in [5, 5.41) is 2.62. The van der Waals surface area contributed by atoms with Gasteiger partial charge in [-0.3, -0.25) is 0 Å². The lowest BCUT2D eigenvalue weighted by Crippen LogP contribution is -2.22. The first-order valence-corrected chi connectivity index (χ1v) is 6.86. The summed E-state index contributed by atoms with van der Waals surface area (Å²) in [4.78, 5) is 1.39. The fourth-order valence-electron chi connectivity index (χ4n) is 2.23. The van der Waals surface area contributed by atoms with Crippen LogP contribution in [-0.4, -0.2) is 7.05 Å². The maximum absolute atomic E-state index is 13.9. The standard InChI is InChI=1S/C14H12F5NS/c1-5-4-6(2)21-14(5)13(20-3)7-8(15)10(17)12(19)11(18)9(7)16/h4,13,20H,1-3H3. The number of thiophene rings is 1. The Morgan fingerprint density at radius 3 is 1.76 bits per heavy atom. The Labute approximate surface area is 122 Å². The molecule has 0 radical (unpaired) electrons. The topological polar surface area (TPSA) is 12.0 Å². The summed E-state index contributed by atoms with van der Waals surface area (Å²) < 4.78 is 67.6. The van der Waals surface area contributed by atoms with E-state index in [1.54, 1.807) is 19.9 Å². The van der Waals surface area contributed by atoms with E-state index in [0.717, 1.165) is 10.4 Å². The van der Waals surface area contributed by atoms with Gasteiger partial charge in [-0.05, 0) is 32.5 Å². The maximum atomic E-state index is 13.9. The number of hydrogen-bond donors (Lipinski definition) is 1. The number of rotatable bonds is 3.